The molecule has 0 saturated heterocycles. The van der Waals surface area contributed by atoms with E-state index in [1.807, 2.05) is 0 Å². The Bertz CT molecular complexity index is 615. The molecule has 0 fully saturated rings. The van der Waals surface area contributed by atoms with Crippen molar-refractivity contribution in [2.24, 2.45) is 0 Å². The molecule has 1 amide bonds. The third-order valence-corrected chi connectivity index (χ3v) is 2.52. The predicted molar refractivity (Wildman–Crippen MR) is 68.4 cm³/mol. The van der Waals surface area contributed by atoms with Crippen LogP contribution < -0.4 is 16.2 Å². The topological polar surface area (TPSA) is 92.1 Å². The summed E-state index contributed by atoms with van der Waals surface area (Å²) in [6.45, 7) is 0. The second kappa shape index (κ2) is 4.70. The third-order valence-electron chi connectivity index (χ3n) is 2.52. The van der Waals surface area contributed by atoms with Crippen molar-refractivity contribution in [2.45, 2.75) is 0 Å². The molecule has 92 valence electrons. The van der Waals surface area contributed by atoms with Gasteiger partial charge in [-0.1, -0.05) is 0 Å². The van der Waals surface area contributed by atoms with Gasteiger partial charge in [-0.2, -0.15) is 0 Å². The highest BCUT2D eigenvalue weighted by Gasteiger charge is 2.15. The second-order valence-electron chi connectivity index (χ2n) is 3.74. The standard InChI is InChI=1S/C12H12N4O2/c1-16(10-4-5-14-7-9(10)13)12(18)8-2-3-11(17)15-6-8/h2-7H,13H2,1H3,(H,15,17). The van der Waals surface area contributed by atoms with Crippen LogP contribution in [0.25, 0.3) is 0 Å². The van der Waals surface area contributed by atoms with Crippen LogP contribution in [0.5, 0.6) is 0 Å². The molecule has 3 N–H and O–H groups in total. The van der Waals surface area contributed by atoms with Gasteiger partial charge in [0.1, 0.15) is 0 Å². The first-order valence-corrected chi connectivity index (χ1v) is 5.26. The van der Waals surface area contributed by atoms with Gasteiger partial charge in [0.15, 0.2) is 0 Å². The molecule has 0 saturated carbocycles. The maximum absolute atomic E-state index is 12.1. The number of anilines is 2. The summed E-state index contributed by atoms with van der Waals surface area (Å²) in [5, 5.41) is 0. The van der Waals surface area contributed by atoms with E-state index in [0.717, 1.165) is 0 Å². The lowest BCUT2D eigenvalue weighted by Crippen LogP contribution is -2.27. The van der Waals surface area contributed by atoms with E-state index in [2.05, 4.69) is 9.97 Å². The summed E-state index contributed by atoms with van der Waals surface area (Å²) >= 11 is 0. The fourth-order valence-corrected chi connectivity index (χ4v) is 1.55. The zero-order valence-electron chi connectivity index (χ0n) is 9.75. The maximum Gasteiger partial charge on any atom is 0.259 e. The molecule has 2 aromatic rings. The van der Waals surface area contributed by atoms with Gasteiger partial charge >= 0.3 is 0 Å². The molecule has 0 aromatic carbocycles. The van der Waals surface area contributed by atoms with E-state index in [9.17, 15) is 9.59 Å². The molecule has 6 heteroatoms. The monoisotopic (exact) mass is 244 g/mol. The highest BCUT2D eigenvalue weighted by molar-refractivity contribution is 6.06. The van der Waals surface area contributed by atoms with Crippen molar-refractivity contribution >= 4 is 17.3 Å². The number of carbonyl (C=O) groups excluding carboxylic acids is 1. The first-order chi connectivity index (χ1) is 8.59. The Hall–Kier alpha value is -2.63. The van der Waals surface area contributed by atoms with Gasteiger partial charge in [0.25, 0.3) is 5.91 Å². The van der Waals surface area contributed by atoms with Gasteiger partial charge in [-0.15, -0.1) is 0 Å². The number of carbonyl (C=O) groups is 1. The summed E-state index contributed by atoms with van der Waals surface area (Å²) in [7, 11) is 1.61. The van der Waals surface area contributed by atoms with Gasteiger partial charge < -0.3 is 15.6 Å². The Kier molecular flexibility index (Phi) is 3.09. The van der Waals surface area contributed by atoms with Crippen molar-refractivity contribution in [1.82, 2.24) is 9.97 Å². The lowest BCUT2D eigenvalue weighted by atomic mass is 10.2. The fourth-order valence-electron chi connectivity index (χ4n) is 1.55. The number of nitrogens with two attached hydrogens (primary N) is 1. The molecule has 0 atom stereocenters. The number of hydrogen-bond acceptors (Lipinski definition) is 4. The van der Waals surface area contributed by atoms with Gasteiger partial charge in [0.05, 0.1) is 23.1 Å². The van der Waals surface area contributed by atoms with Crippen LogP contribution in [0.1, 0.15) is 10.4 Å². The van der Waals surface area contributed by atoms with E-state index >= 15 is 0 Å². The fraction of sp³-hybridized carbons (Fsp3) is 0.0833. The quantitative estimate of drug-likeness (QED) is 0.810. The highest BCUT2D eigenvalue weighted by Crippen LogP contribution is 2.21. The number of nitrogen functional groups attached to an aromatic ring is 1. The smallest absolute Gasteiger partial charge is 0.259 e. The van der Waals surface area contributed by atoms with Gasteiger partial charge in [0.2, 0.25) is 5.56 Å². The van der Waals surface area contributed by atoms with Crippen molar-refractivity contribution in [3.63, 3.8) is 0 Å². The molecule has 18 heavy (non-hydrogen) atoms. The van der Waals surface area contributed by atoms with Crippen LogP contribution in [-0.2, 0) is 0 Å². The lowest BCUT2D eigenvalue weighted by molar-refractivity contribution is 0.0992. The lowest BCUT2D eigenvalue weighted by Gasteiger charge is -2.18. The number of H-pyrrole nitrogens is 1. The van der Waals surface area contributed by atoms with E-state index in [1.165, 1.54) is 29.4 Å². The average molecular weight is 244 g/mol. The summed E-state index contributed by atoms with van der Waals surface area (Å²) in [6.07, 6.45) is 4.41. The number of nitrogens with zero attached hydrogens (tertiary/aromatic N) is 2. The number of aromatic amines is 1. The van der Waals surface area contributed by atoms with Crippen LogP contribution in [0.15, 0.2) is 41.6 Å². The van der Waals surface area contributed by atoms with Crippen molar-refractivity contribution in [1.29, 1.82) is 0 Å². The molecule has 0 aliphatic carbocycles. The van der Waals surface area contributed by atoms with Crippen molar-refractivity contribution in [2.75, 3.05) is 17.7 Å². The van der Waals surface area contributed by atoms with Crippen molar-refractivity contribution in [3.05, 3.63) is 52.7 Å². The van der Waals surface area contributed by atoms with E-state index in [1.54, 1.807) is 19.3 Å². The maximum atomic E-state index is 12.1. The van der Waals surface area contributed by atoms with Crippen LogP contribution in [0, 0.1) is 0 Å². The molecule has 2 aromatic heterocycles. The largest absolute Gasteiger partial charge is 0.396 e. The van der Waals surface area contributed by atoms with Crippen LogP contribution in [0.4, 0.5) is 11.4 Å². The minimum atomic E-state index is -0.260. The first kappa shape index (κ1) is 11.8. The molecule has 2 rings (SSSR count). The number of amides is 1. The first-order valence-electron chi connectivity index (χ1n) is 5.26. The number of rotatable bonds is 2. The molecule has 2 heterocycles. The Labute approximate surface area is 103 Å². The molecule has 0 radical (unpaired) electrons. The van der Waals surface area contributed by atoms with E-state index in [-0.39, 0.29) is 11.5 Å². The SMILES string of the molecule is CN(C(=O)c1ccc(=O)[nH]c1)c1ccncc1N. The average Bonchev–Trinajstić information content (AvgIpc) is 2.38. The molecular formula is C12H12N4O2. The Balaban J connectivity index is 2.32. The highest BCUT2D eigenvalue weighted by atomic mass is 16.2. The summed E-state index contributed by atoms with van der Waals surface area (Å²) in [4.78, 5) is 30.8. The Morgan fingerprint density at radius 2 is 2.17 bits per heavy atom. The van der Waals surface area contributed by atoms with Crippen molar-refractivity contribution in [3.8, 4) is 0 Å². The molecule has 0 unspecified atom stereocenters. The normalized spacial score (nSPS) is 10.1. The van der Waals surface area contributed by atoms with E-state index in [4.69, 9.17) is 5.73 Å². The zero-order valence-corrected chi connectivity index (χ0v) is 9.75. The minimum Gasteiger partial charge on any atom is -0.396 e. The number of pyridine rings is 2. The van der Waals surface area contributed by atoms with Gasteiger partial charge in [-0.3, -0.25) is 14.6 Å². The summed E-state index contributed by atoms with van der Waals surface area (Å²) in [6, 6.07) is 4.42. The van der Waals surface area contributed by atoms with Gasteiger partial charge in [0, 0.05) is 25.5 Å². The Morgan fingerprint density at radius 3 is 2.78 bits per heavy atom. The van der Waals surface area contributed by atoms with Crippen LogP contribution in [0.2, 0.25) is 0 Å². The van der Waals surface area contributed by atoms with E-state index < -0.39 is 0 Å². The van der Waals surface area contributed by atoms with Crippen LogP contribution in [-0.4, -0.2) is 22.9 Å². The molecule has 0 aliphatic heterocycles. The Morgan fingerprint density at radius 1 is 1.39 bits per heavy atom. The third kappa shape index (κ3) is 2.22. The molecule has 0 aliphatic rings. The van der Waals surface area contributed by atoms with Crippen LogP contribution >= 0.6 is 0 Å². The van der Waals surface area contributed by atoms with Gasteiger partial charge in [-0.25, -0.2) is 0 Å². The minimum absolute atomic E-state index is 0.252. The molecule has 0 bridgehead atoms. The second-order valence-corrected chi connectivity index (χ2v) is 3.74. The molecular weight excluding hydrogens is 232 g/mol. The summed E-state index contributed by atoms with van der Waals surface area (Å²) < 4.78 is 0. The van der Waals surface area contributed by atoms with E-state index in [0.29, 0.717) is 16.9 Å². The van der Waals surface area contributed by atoms with Crippen LogP contribution in [0.3, 0.4) is 0 Å². The number of hydrogen-bond donors (Lipinski definition) is 2. The summed E-state index contributed by atoms with van der Waals surface area (Å²) in [5.41, 5.74) is 6.86. The number of aromatic nitrogens is 2. The zero-order chi connectivity index (χ0) is 13.1. The van der Waals surface area contributed by atoms with Crippen molar-refractivity contribution < 1.29 is 4.79 Å². The number of nitrogens with one attached hydrogen (secondary N) is 1. The molecule has 6 nitrogen and oxygen atoms in total. The molecule has 0 spiro atoms. The predicted octanol–water partition coefficient (Wildman–Crippen LogP) is 0.629. The van der Waals surface area contributed by atoms with Gasteiger partial charge in [-0.05, 0) is 12.1 Å². The summed E-state index contributed by atoms with van der Waals surface area (Å²) in [5.74, 6) is -0.260.